The summed E-state index contributed by atoms with van der Waals surface area (Å²) in [4.78, 5) is 14.2. The molecule has 0 spiro atoms. The molecule has 4 rings (SSSR count). The maximum absolute atomic E-state index is 12.3. The van der Waals surface area contributed by atoms with E-state index < -0.39 is 5.60 Å². The van der Waals surface area contributed by atoms with E-state index in [1.54, 1.807) is 7.11 Å². The van der Waals surface area contributed by atoms with Gasteiger partial charge in [-0.15, -0.1) is 0 Å². The van der Waals surface area contributed by atoms with Crippen LogP contribution in [0.3, 0.4) is 0 Å². The number of aryl methyl sites for hydroxylation is 2. The van der Waals surface area contributed by atoms with Gasteiger partial charge in [-0.1, -0.05) is 36.4 Å². The summed E-state index contributed by atoms with van der Waals surface area (Å²) in [6.45, 7) is 9.44. The molecule has 2 aliphatic rings. The first-order chi connectivity index (χ1) is 15.2. The number of amides is 1. The Kier molecular flexibility index (Phi) is 6.32. The molecule has 0 bridgehead atoms. The number of benzene rings is 2. The summed E-state index contributed by atoms with van der Waals surface area (Å²) in [5.74, 6) is 1.46. The normalized spacial score (nSPS) is 18.0. The fourth-order valence-corrected chi connectivity index (χ4v) is 4.88. The van der Waals surface area contributed by atoms with E-state index >= 15 is 0 Å². The third kappa shape index (κ3) is 4.85. The van der Waals surface area contributed by atoms with E-state index in [4.69, 9.17) is 9.47 Å². The Labute approximate surface area is 192 Å². The number of carbonyl (C=O) groups is 1. The first-order valence-electron chi connectivity index (χ1n) is 11.7. The molecule has 0 unspecified atom stereocenters. The lowest BCUT2D eigenvalue weighted by molar-refractivity contribution is 0.0205. The van der Waals surface area contributed by atoms with Gasteiger partial charge in [-0.2, -0.15) is 0 Å². The zero-order valence-electron chi connectivity index (χ0n) is 20.0. The number of ether oxygens (including phenoxy) is 2. The van der Waals surface area contributed by atoms with E-state index in [2.05, 4.69) is 49.4 Å². The van der Waals surface area contributed by atoms with Gasteiger partial charge in [0.2, 0.25) is 0 Å². The van der Waals surface area contributed by atoms with Crippen LogP contribution in [0.1, 0.15) is 73.8 Å². The lowest BCUT2D eigenvalue weighted by Crippen LogP contribution is -2.41. The fraction of sp³-hybridized carbons (Fsp3) is 0.464. The quantitative estimate of drug-likeness (QED) is 0.547. The van der Waals surface area contributed by atoms with Crippen LogP contribution >= 0.6 is 0 Å². The van der Waals surface area contributed by atoms with Crippen molar-refractivity contribution in [2.75, 3.05) is 20.2 Å². The Balaban J connectivity index is 1.46. The zero-order chi connectivity index (χ0) is 22.9. The first kappa shape index (κ1) is 22.4. The highest BCUT2D eigenvalue weighted by molar-refractivity contribution is 5.88. The van der Waals surface area contributed by atoms with Crippen LogP contribution in [0, 0.1) is 6.92 Å². The minimum Gasteiger partial charge on any atom is -0.496 e. The Morgan fingerprint density at radius 3 is 2.50 bits per heavy atom. The van der Waals surface area contributed by atoms with Crippen molar-refractivity contribution in [3.05, 3.63) is 64.2 Å². The smallest absolute Gasteiger partial charge is 0.410 e. The van der Waals surface area contributed by atoms with E-state index in [1.165, 1.54) is 33.4 Å². The summed E-state index contributed by atoms with van der Waals surface area (Å²) >= 11 is 0. The standard InChI is InChI=1S/C28H35NO3/c1-19-17-23(20-13-15-29(16-14-20)27(30)32-28(2,3)4)11-10-22(19)18-24-12-9-21-7-6-8-25(31-5)26(21)24/h6-8,10-11,17-18,20H,9,12-16H2,1-5H3/b24-18+. The highest BCUT2D eigenvalue weighted by Gasteiger charge is 2.27. The molecule has 0 radical (unpaired) electrons. The molecule has 0 saturated carbocycles. The van der Waals surface area contributed by atoms with E-state index in [9.17, 15) is 4.79 Å². The van der Waals surface area contributed by atoms with E-state index in [-0.39, 0.29) is 6.09 Å². The maximum Gasteiger partial charge on any atom is 0.410 e. The molecule has 1 heterocycles. The van der Waals surface area contributed by atoms with Crippen LogP contribution in [-0.2, 0) is 11.2 Å². The van der Waals surface area contributed by atoms with Crippen LogP contribution < -0.4 is 4.74 Å². The van der Waals surface area contributed by atoms with Gasteiger partial charge in [0.25, 0.3) is 0 Å². The Hall–Kier alpha value is -2.75. The van der Waals surface area contributed by atoms with Crippen molar-refractivity contribution in [1.82, 2.24) is 4.90 Å². The minimum absolute atomic E-state index is 0.193. The van der Waals surface area contributed by atoms with Gasteiger partial charge in [0.1, 0.15) is 11.4 Å². The van der Waals surface area contributed by atoms with Crippen molar-refractivity contribution in [1.29, 1.82) is 0 Å². The average molecular weight is 434 g/mol. The number of piperidine rings is 1. The van der Waals surface area contributed by atoms with Crippen molar-refractivity contribution >= 4 is 17.7 Å². The molecule has 1 aliphatic carbocycles. The van der Waals surface area contributed by atoms with Crippen LogP contribution in [-0.4, -0.2) is 36.8 Å². The highest BCUT2D eigenvalue weighted by Crippen LogP contribution is 2.40. The SMILES string of the molecule is COc1cccc2c1/C(=C/c1ccc(C3CCN(C(=O)OC(C)(C)C)CC3)cc1C)CC2. The monoisotopic (exact) mass is 433 g/mol. The van der Waals surface area contributed by atoms with Crippen LogP contribution in [0.4, 0.5) is 4.79 Å². The number of hydrogen-bond acceptors (Lipinski definition) is 3. The summed E-state index contributed by atoms with van der Waals surface area (Å²) in [5.41, 5.74) is 7.51. The number of likely N-dealkylation sites (tertiary alicyclic amines) is 1. The van der Waals surface area contributed by atoms with Crippen molar-refractivity contribution in [2.24, 2.45) is 0 Å². The van der Waals surface area contributed by atoms with E-state index in [0.29, 0.717) is 5.92 Å². The second kappa shape index (κ2) is 9.01. The molecule has 0 aromatic heterocycles. The number of fused-ring (bicyclic) bond motifs is 1. The number of hydrogen-bond donors (Lipinski definition) is 0. The predicted octanol–water partition coefficient (Wildman–Crippen LogP) is 6.60. The van der Waals surface area contributed by atoms with Crippen molar-refractivity contribution in [3.63, 3.8) is 0 Å². The third-order valence-electron chi connectivity index (χ3n) is 6.56. The zero-order valence-corrected chi connectivity index (χ0v) is 20.0. The molecule has 32 heavy (non-hydrogen) atoms. The van der Waals surface area contributed by atoms with Crippen molar-refractivity contribution in [3.8, 4) is 5.75 Å². The molecule has 1 fully saturated rings. The minimum atomic E-state index is -0.445. The van der Waals surface area contributed by atoms with Gasteiger partial charge < -0.3 is 14.4 Å². The largest absolute Gasteiger partial charge is 0.496 e. The van der Waals surface area contributed by atoms with Crippen LogP contribution in [0.5, 0.6) is 5.75 Å². The molecule has 2 aromatic rings. The molecule has 170 valence electrons. The van der Waals surface area contributed by atoms with Gasteiger partial charge >= 0.3 is 6.09 Å². The lowest BCUT2D eigenvalue weighted by atomic mass is 9.87. The molecule has 4 heteroatoms. The number of methoxy groups -OCH3 is 1. The van der Waals surface area contributed by atoms with Gasteiger partial charge in [0.05, 0.1) is 7.11 Å². The van der Waals surface area contributed by atoms with Crippen LogP contribution in [0.15, 0.2) is 36.4 Å². The highest BCUT2D eigenvalue weighted by atomic mass is 16.6. The number of carbonyl (C=O) groups excluding carboxylic acids is 1. The molecule has 2 aromatic carbocycles. The van der Waals surface area contributed by atoms with Gasteiger partial charge in [-0.05, 0) is 93.2 Å². The third-order valence-corrected chi connectivity index (χ3v) is 6.56. The molecule has 1 amide bonds. The van der Waals surface area contributed by atoms with Gasteiger partial charge in [0, 0.05) is 18.7 Å². The molecule has 1 aliphatic heterocycles. The van der Waals surface area contributed by atoms with Gasteiger partial charge in [-0.25, -0.2) is 4.79 Å². The summed E-state index contributed by atoms with van der Waals surface area (Å²) in [7, 11) is 1.75. The summed E-state index contributed by atoms with van der Waals surface area (Å²) in [6, 6.07) is 13.2. The average Bonchev–Trinajstić information content (AvgIpc) is 3.17. The van der Waals surface area contributed by atoms with Crippen LogP contribution in [0.2, 0.25) is 0 Å². The second-order valence-corrected chi connectivity index (χ2v) is 10.0. The molecule has 4 nitrogen and oxygen atoms in total. The summed E-state index contributed by atoms with van der Waals surface area (Å²) < 4.78 is 11.2. The lowest BCUT2D eigenvalue weighted by Gasteiger charge is -2.33. The Morgan fingerprint density at radius 2 is 1.84 bits per heavy atom. The first-order valence-corrected chi connectivity index (χ1v) is 11.7. The fourth-order valence-electron chi connectivity index (χ4n) is 4.88. The number of allylic oxidation sites excluding steroid dienone is 1. The Bertz CT molecular complexity index is 1020. The molecular formula is C28H35NO3. The molecular weight excluding hydrogens is 398 g/mol. The topological polar surface area (TPSA) is 38.8 Å². The van der Waals surface area contributed by atoms with Crippen LogP contribution in [0.25, 0.3) is 11.6 Å². The maximum atomic E-state index is 12.3. The van der Waals surface area contributed by atoms with E-state index in [1.807, 2.05) is 25.7 Å². The number of rotatable bonds is 3. The van der Waals surface area contributed by atoms with Gasteiger partial charge in [0.15, 0.2) is 0 Å². The van der Waals surface area contributed by atoms with Crippen molar-refractivity contribution < 1.29 is 14.3 Å². The molecule has 0 atom stereocenters. The Morgan fingerprint density at radius 1 is 1.09 bits per heavy atom. The van der Waals surface area contributed by atoms with Crippen molar-refractivity contribution in [2.45, 2.75) is 64.9 Å². The van der Waals surface area contributed by atoms with E-state index in [0.717, 1.165) is 44.5 Å². The second-order valence-electron chi connectivity index (χ2n) is 10.0. The predicted molar refractivity (Wildman–Crippen MR) is 130 cm³/mol. The summed E-state index contributed by atoms with van der Waals surface area (Å²) in [6.07, 6.45) is 6.22. The summed E-state index contributed by atoms with van der Waals surface area (Å²) in [5, 5.41) is 0. The molecule has 1 saturated heterocycles. The van der Waals surface area contributed by atoms with Gasteiger partial charge in [-0.3, -0.25) is 0 Å². The number of nitrogens with zero attached hydrogens (tertiary/aromatic N) is 1. The molecule has 0 N–H and O–H groups in total.